The number of halogens is 1. The van der Waals surface area contributed by atoms with E-state index in [0.717, 1.165) is 18.4 Å². The molecule has 88 valence electrons. The average Bonchev–Trinajstić information content (AvgIpc) is 2.29. The first-order valence-corrected chi connectivity index (χ1v) is 6.12. The van der Waals surface area contributed by atoms with Crippen LogP contribution >= 0.6 is 11.6 Å². The lowest BCUT2D eigenvalue weighted by atomic mass is 10.1. The van der Waals surface area contributed by atoms with Gasteiger partial charge in [0.05, 0.1) is 0 Å². The van der Waals surface area contributed by atoms with E-state index in [4.69, 9.17) is 11.6 Å². The van der Waals surface area contributed by atoms with E-state index in [1.54, 1.807) is 12.4 Å². The van der Waals surface area contributed by atoms with E-state index in [-0.39, 0.29) is 5.82 Å². The zero-order valence-corrected chi connectivity index (χ0v) is 10.3. The van der Waals surface area contributed by atoms with Crippen LogP contribution in [0.4, 0.5) is 0 Å². The first kappa shape index (κ1) is 13.1. The molecule has 4 heteroatoms. The minimum Gasteiger partial charge on any atom is -0.272 e. The highest BCUT2D eigenvalue weighted by molar-refractivity contribution is 6.67. The maximum absolute atomic E-state index is 10.7. The number of hydrogen-bond acceptors (Lipinski definition) is 3. The number of rotatable bonds is 7. The van der Waals surface area contributed by atoms with Gasteiger partial charge in [-0.05, 0) is 30.0 Å². The average molecular weight is 241 g/mol. The Balaban J connectivity index is 2.29. The first-order valence-electron chi connectivity index (χ1n) is 5.74. The molecule has 1 rings (SSSR count). The molecule has 1 aromatic rings. The molecule has 0 aliphatic heterocycles. The summed E-state index contributed by atoms with van der Waals surface area (Å²) in [4.78, 5) is 18.5. The molecule has 0 spiro atoms. The van der Waals surface area contributed by atoms with Crippen molar-refractivity contribution in [3.63, 3.8) is 0 Å². The zero-order valence-electron chi connectivity index (χ0n) is 9.58. The second-order valence-electron chi connectivity index (χ2n) is 3.85. The van der Waals surface area contributed by atoms with Crippen LogP contribution < -0.4 is 0 Å². The van der Waals surface area contributed by atoms with Crippen LogP contribution in [0.25, 0.3) is 0 Å². The summed E-state index contributed by atoms with van der Waals surface area (Å²) in [7, 11) is 0. The van der Waals surface area contributed by atoms with Crippen molar-refractivity contribution in [2.45, 2.75) is 45.4 Å². The molecule has 0 bridgehead atoms. The quantitative estimate of drug-likeness (QED) is 0.542. The van der Waals surface area contributed by atoms with Crippen LogP contribution in [0.5, 0.6) is 0 Å². The van der Waals surface area contributed by atoms with Crippen molar-refractivity contribution in [1.82, 2.24) is 9.97 Å². The minimum absolute atomic E-state index is 0.0800. The molecule has 16 heavy (non-hydrogen) atoms. The molecule has 1 aromatic heterocycles. The molecular formula is C12H17ClN2O. The summed E-state index contributed by atoms with van der Waals surface area (Å²) in [6.07, 6.45) is 10.6. The third kappa shape index (κ3) is 4.71. The first-order chi connectivity index (χ1) is 7.74. The molecule has 0 N–H and O–H groups in total. The van der Waals surface area contributed by atoms with Crippen LogP contribution in [0.3, 0.4) is 0 Å². The predicted molar refractivity (Wildman–Crippen MR) is 64.7 cm³/mol. The Bertz CT molecular complexity index is 324. The Morgan fingerprint density at radius 1 is 1.19 bits per heavy atom. The Kier molecular flexibility index (Phi) is 6.01. The van der Waals surface area contributed by atoms with Crippen molar-refractivity contribution in [3.05, 3.63) is 23.8 Å². The summed E-state index contributed by atoms with van der Waals surface area (Å²) in [6.45, 7) is 2.20. The van der Waals surface area contributed by atoms with Crippen molar-refractivity contribution in [1.29, 1.82) is 0 Å². The molecule has 0 aliphatic rings. The van der Waals surface area contributed by atoms with Gasteiger partial charge in [-0.2, -0.15) is 0 Å². The molecule has 0 aliphatic carbocycles. The Morgan fingerprint density at radius 3 is 2.38 bits per heavy atom. The van der Waals surface area contributed by atoms with Crippen LogP contribution in [0.1, 0.15) is 55.2 Å². The fourth-order valence-corrected chi connectivity index (χ4v) is 1.62. The highest BCUT2D eigenvalue weighted by Gasteiger charge is 2.04. The SMILES string of the molecule is CCCCCCCc1cnc(C(=O)Cl)nc1. The van der Waals surface area contributed by atoms with Gasteiger partial charge in [0.25, 0.3) is 5.24 Å². The summed E-state index contributed by atoms with van der Waals surface area (Å²) in [5, 5.41) is -0.602. The third-order valence-electron chi connectivity index (χ3n) is 2.45. The van der Waals surface area contributed by atoms with Gasteiger partial charge in [-0.15, -0.1) is 0 Å². The summed E-state index contributed by atoms with van der Waals surface area (Å²) < 4.78 is 0. The topological polar surface area (TPSA) is 42.9 Å². The lowest BCUT2D eigenvalue weighted by molar-refractivity contribution is 0.107. The molecule has 0 atom stereocenters. The van der Waals surface area contributed by atoms with Gasteiger partial charge in [0.2, 0.25) is 5.82 Å². The number of carbonyl (C=O) groups excluding carboxylic acids is 1. The van der Waals surface area contributed by atoms with Crippen molar-refractivity contribution < 1.29 is 4.79 Å². The lowest BCUT2D eigenvalue weighted by Crippen LogP contribution is -1.99. The molecule has 0 fully saturated rings. The largest absolute Gasteiger partial charge is 0.289 e. The summed E-state index contributed by atoms with van der Waals surface area (Å²) in [6, 6.07) is 0. The van der Waals surface area contributed by atoms with Crippen molar-refractivity contribution >= 4 is 16.8 Å². The van der Waals surface area contributed by atoms with Crippen molar-refractivity contribution in [2.75, 3.05) is 0 Å². The van der Waals surface area contributed by atoms with Crippen LogP contribution in [0.2, 0.25) is 0 Å². The lowest BCUT2D eigenvalue weighted by Gasteiger charge is -2.01. The second kappa shape index (κ2) is 7.34. The molecule has 0 aromatic carbocycles. The maximum atomic E-state index is 10.7. The van der Waals surface area contributed by atoms with Crippen molar-refractivity contribution in [2.24, 2.45) is 0 Å². The summed E-state index contributed by atoms with van der Waals surface area (Å²) in [5.41, 5.74) is 1.07. The van der Waals surface area contributed by atoms with E-state index >= 15 is 0 Å². The number of carbonyl (C=O) groups is 1. The fourth-order valence-electron chi connectivity index (χ4n) is 1.52. The molecule has 3 nitrogen and oxygen atoms in total. The van der Waals surface area contributed by atoms with Crippen LogP contribution in [0.15, 0.2) is 12.4 Å². The van der Waals surface area contributed by atoms with E-state index in [1.807, 2.05) is 0 Å². The Labute approximate surface area is 101 Å². The number of hydrogen-bond donors (Lipinski definition) is 0. The van der Waals surface area contributed by atoms with Gasteiger partial charge in [0.15, 0.2) is 0 Å². The minimum atomic E-state index is -0.602. The number of nitrogens with zero attached hydrogens (tertiary/aromatic N) is 2. The smallest absolute Gasteiger partial charge is 0.272 e. The molecule has 1 heterocycles. The highest BCUT2D eigenvalue weighted by atomic mass is 35.5. The summed E-state index contributed by atoms with van der Waals surface area (Å²) in [5.74, 6) is 0.0800. The van der Waals surface area contributed by atoms with Gasteiger partial charge in [-0.25, -0.2) is 9.97 Å². The van der Waals surface area contributed by atoms with E-state index in [9.17, 15) is 4.79 Å². The highest BCUT2D eigenvalue weighted by Crippen LogP contribution is 2.08. The van der Waals surface area contributed by atoms with Crippen LogP contribution in [-0.4, -0.2) is 15.2 Å². The van der Waals surface area contributed by atoms with Gasteiger partial charge >= 0.3 is 0 Å². The van der Waals surface area contributed by atoms with Gasteiger partial charge in [-0.3, -0.25) is 4.79 Å². The van der Waals surface area contributed by atoms with E-state index in [1.165, 1.54) is 25.7 Å². The normalized spacial score (nSPS) is 10.4. The molecule has 0 unspecified atom stereocenters. The van der Waals surface area contributed by atoms with Crippen LogP contribution in [0, 0.1) is 0 Å². The predicted octanol–water partition coefficient (Wildman–Crippen LogP) is 3.37. The Morgan fingerprint density at radius 2 is 1.81 bits per heavy atom. The van der Waals surface area contributed by atoms with E-state index in [2.05, 4.69) is 16.9 Å². The molecular weight excluding hydrogens is 224 g/mol. The number of aryl methyl sites for hydroxylation is 1. The zero-order chi connectivity index (χ0) is 11.8. The monoisotopic (exact) mass is 240 g/mol. The number of aromatic nitrogens is 2. The molecule has 0 radical (unpaired) electrons. The third-order valence-corrected chi connectivity index (χ3v) is 2.62. The maximum Gasteiger partial charge on any atom is 0.289 e. The van der Waals surface area contributed by atoms with Gasteiger partial charge in [-0.1, -0.05) is 32.6 Å². The molecule has 0 saturated heterocycles. The second-order valence-corrected chi connectivity index (χ2v) is 4.20. The number of unbranched alkanes of at least 4 members (excludes halogenated alkanes) is 4. The molecule has 0 saturated carbocycles. The Hall–Kier alpha value is -0.960. The van der Waals surface area contributed by atoms with Crippen molar-refractivity contribution in [3.8, 4) is 0 Å². The van der Waals surface area contributed by atoms with E-state index < -0.39 is 5.24 Å². The summed E-state index contributed by atoms with van der Waals surface area (Å²) >= 11 is 5.25. The van der Waals surface area contributed by atoms with Crippen LogP contribution in [-0.2, 0) is 6.42 Å². The van der Waals surface area contributed by atoms with E-state index in [0.29, 0.717) is 0 Å². The standard InChI is InChI=1S/C12H17ClN2O/c1-2-3-4-5-6-7-10-8-14-12(11(13)16)15-9-10/h8-9H,2-7H2,1H3. The molecule has 0 amide bonds. The van der Waals surface area contributed by atoms with Gasteiger partial charge in [0, 0.05) is 12.4 Å². The van der Waals surface area contributed by atoms with Gasteiger partial charge < -0.3 is 0 Å². The fraction of sp³-hybridized carbons (Fsp3) is 0.583. The van der Waals surface area contributed by atoms with Gasteiger partial charge in [0.1, 0.15) is 0 Å².